The van der Waals surface area contributed by atoms with Gasteiger partial charge in [-0.25, -0.2) is 9.78 Å². The number of anilines is 1. The molecule has 0 aliphatic rings. The Balaban J connectivity index is 2.74. The van der Waals surface area contributed by atoms with Crippen molar-refractivity contribution >= 4 is 11.9 Å². The van der Waals surface area contributed by atoms with Gasteiger partial charge in [-0.05, 0) is 18.8 Å². The maximum absolute atomic E-state index is 11.7. The fraction of sp³-hybridized carbons (Fsp3) is 0.643. The fourth-order valence-corrected chi connectivity index (χ4v) is 1.68. The van der Waals surface area contributed by atoms with Gasteiger partial charge in [0.05, 0.1) is 13.7 Å². The summed E-state index contributed by atoms with van der Waals surface area (Å²) in [5.74, 6) is 0.903. The van der Waals surface area contributed by atoms with E-state index in [1.165, 1.54) is 7.11 Å². The minimum absolute atomic E-state index is 0.317. The zero-order valence-electron chi connectivity index (χ0n) is 12.5. The zero-order chi connectivity index (χ0) is 15.0. The lowest BCUT2D eigenvalue weighted by molar-refractivity contribution is -0.141. The molecule has 0 saturated heterocycles. The zero-order valence-corrected chi connectivity index (χ0v) is 12.5. The molecular formula is C14H23N3O3. The Morgan fingerprint density at radius 2 is 2.20 bits per heavy atom. The van der Waals surface area contributed by atoms with Gasteiger partial charge in [-0.2, -0.15) is 4.98 Å². The number of hydrogen-bond donors (Lipinski definition) is 1. The molecule has 1 atom stereocenters. The Labute approximate surface area is 119 Å². The van der Waals surface area contributed by atoms with Gasteiger partial charge in [0, 0.05) is 12.3 Å². The van der Waals surface area contributed by atoms with Gasteiger partial charge in [0.2, 0.25) is 11.8 Å². The van der Waals surface area contributed by atoms with E-state index < -0.39 is 6.04 Å². The highest BCUT2D eigenvalue weighted by molar-refractivity contribution is 5.78. The van der Waals surface area contributed by atoms with Gasteiger partial charge in [-0.15, -0.1) is 0 Å². The van der Waals surface area contributed by atoms with Crippen LogP contribution in [0.25, 0.3) is 0 Å². The Bertz CT molecular complexity index is 424. The van der Waals surface area contributed by atoms with Crippen LogP contribution in [0.1, 0.15) is 33.6 Å². The summed E-state index contributed by atoms with van der Waals surface area (Å²) in [5.41, 5.74) is 0. The molecule has 0 spiro atoms. The average molecular weight is 281 g/mol. The molecule has 1 heterocycles. The first kappa shape index (κ1) is 16.2. The van der Waals surface area contributed by atoms with Crippen molar-refractivity contribution in [2.75, 3.05) is 19.0 Å². The maximum atomic E-state index is 11.7. The first-order valence-electron chi connectivity index (χ1n) is 6.87. The first-order valence-corrected chi connectivity index (χ1v) is 6.87. The van der Waals surface area contributed by atoms with Crippen LogP contribution in [0, 0.1) is 5.92 Å². The Morgan fingerprint density at radius 3 is 2.80 bits per heavy atom. The van der Waals surface area contributed by atoms with Crippen molar-refractivity contribution in [1.82, 2.24) is 9.97 Å². The van der Waals surface area contributed by atoms with Gasteiger partial charge >= 0.3 is 5.97 Å². The summed E-state index contributed by atoms with van der Waals surface area (Å²) < 4.78 is 10.2. The highest BCUT2D eigenvalue weighted by Crippen LogP contribution is 2.13. The van der Waals surface area contributed by atoms with E-state index in [0.29, 0.717) is 30.8 Å². The van der Waals surface area contributed by atoms with E-state index in [2.05, 4.69) is 15.3 Å². The summed E-state index contributed by atoms with van der Waals surface area (Å²) in [6.45, 7) is 6.71. The number of carbonyl (C=O) groups excluding carboxylic acids is 1. The number of esters is 1. The molecule has 1 unspecified atom stereocenters. The summed E-state index contributed by atoms with van der Waals surface area (Å²) in [5, 5.41) is 3.00. The number of aromatic nitrogens is 2. The lowest BCUT2D eigenvalue weighted by Gasteiger charge is -2.18. The van der Waals surface area contributed by atoms with Crippen LogP contribution >= 0.6 is 0 Å². The third-order valence-electron chi connectivity index (χ3n) is 2.58. The van der Waals surface area contributed by atoms with Crippen molar-refractivity contribution in [2.45, 2.75) is 39.7 Å². The van der Waals surface area contributed by atoms with Crippen LogP contribution in [0.2, 0.25) is 0 Å². The first-order chi connectivity index (χ1) is 9.56. The van der Waals surface area contributed by atoms with Gasteiger partial charge in [-0.1, -0.05) is 20.8 Å². The van der Waals surface area contributed by atoms with Crippen LogP contribution in [-0.2, 0) is 9.53 Å². The number of rotatable bonds is 8. The van der Waals surface area contributed by atoms with E-state index in [4.69, 9.17) is 9.47 Å². The van der Waals surface area contributed by atoms with Gasteiger partial charge in [-0.3, -0.25) is 0 Å². The van der Waals surface area contributed by atoms with Crippen molar-refractivity contribution in [3.63, 3.8) is 0 Å². The molecule has 0 aromatic carbocycles. The Morgan fingerprint density at radius 1 is 1.45 bits per heavy atom. The van der Waals surface area contributed by atoms with E-state index in [0.717, 1.165) is 6.42 Å². The minimum atomic E-state index is -0.457. The van der Waals surface area contributed by atoms with Crippen LogP contribution in [-0.4, -0.2) is 35.7 Å². The largest absolute Gasteiger partial charge is 0.478 e. The van der Waals surface area contributed by atoms with Crippen LogP contribution in [0.15, 0.2) is 12.3 Å². The second kappa shape index (κ2) is 8.35. The van der Waals surface area contributed by atoms with Crippen molar-refractivity contribution < 1.29 is 14.3 Å². The lowest BCUT2D eigenvalue weighted by Crippen LogP contribution is -2.32. The molecule has 1 aromatic heterocycles. The molecule has 0 bridgehead atoms. The molecule has 6 heteroatoms. The molecule has 0 amide bonds. The van der Waals surface area contributed by atoms with Gasteiger partial charge in [0.15, 0.2) is 0 Å². The summed E-state index contributed by atoms with van der Waals surface area (Å²) >= 11 is 0. The maximum Gasteiger partial charge on any atom is 0.328 e. The Kier molecular flexibility index (Phi) is 6.76. The number of nitrogens with zero attached hydrogens (tertiary/aromatic N) is 2. The molecule has 0 radical (unpaired) electrons. The quantitative estimate of drug-likeness (QED) is 0.737. The second-order valence-corrected chi connectivity index (χ2v) is 4.92. The SMILES string of the molecule is CCCOc1ccnc(NC(CC(C)C)C(=O)OC)n1. The number of nitrogens with one attached hydrogen (secondary N) is 1. The molecule has 20 heavy (non-hydrogen) atoms. The number of hydrogen-bond acceptors (Lipinski definition) is 6. The predicted molar refractivity (Wildman–Crippen MR) is 76.7 cm³/mol. The van der Waals surface area contributed by atoms with Crippen LogP contribution in [0.5, 0.6) is 5.88 Å². The topological polar surface area (TPSA) is 73.3 Å². The number of ether oxygens (including phenoxy) is 2. The number of carbonyl (C=O) groups is 1. The fourth-order valence-electron chi connectivity index (χ4n) is 1.68. The van der Waals surface area contributed by atoms with Crippen LogP contribution in [0.3, 0.4) is 0 Å². The number of methoxy groups -OCH3 is 1. The molecule has 1 aromatic rings. The van der Waals surface area contributed by atoms with Crippen molar-refractivity contribution in [3.05, 3.63) is 12.3 Å². The highest BCUT2D eigenvalue weighted by Gasteiger charge is 2.21. The smallest absolute Gasteiger partial charge is 0.328 e. The normalized spacial score (nSPS) is 12.1. The molecule has 0 saturated carbocycles. The van der Waals surface area contributed by atoms with Crippen molar-refractivity contribution in [2.24, 2.45) is 5.92 Å². The van der Waals surface area contributed by atoms with Gasteiger partial charge in [0.1, 0.15) is 6.04 Å². The van der Waals surface area contributed by atoms with E-state index in [1.807, 2.05) is 20.8 Å². The van der Waals surface area contributed by atoms with E-state index in [9.17, 15) is 4.79 Å². The summed E-state index contributed by atoms with van der Waals surface area (Å²) in [7, 11) is 1.37. The van der Waals surface area contributed by atoms with Crippen molar-refractivity contribution in [1.29, 1.82) is 0 Å². The van der Waals surface area contributed by atoms with E-state index in [-0.39, 0.29) is 5.97 Å². The molecular weight excluding hydrogens is 258 g/mol. The molecule has 1 rings (SSSR count). The molecule has 0 aliphatic carbocycles. The summed E-state index contributed by atoms with van der Waals surface area (Å²) in [6.07, 6.45) is 3.16. The van der Waals surface area contributed by atoms with Crippen LogP contribution in [0.4, 0.5) is 5.95 Å². The van der Waals surface area contributed by atoms with E-state index in [1.54, 1.807) is 12.3 Å². The molecule has 0 aliphatic heterocycles. The van der Waals surface area contributed by atoms with Crippen LogP contribution < -0.4 is 10.1 Å². The second-order valence-electron chi connectivity index (χ2n) is 4.92. The molecule has 1 N–H and O–H groups in total. The van der Waals surface area contributed by atoms with Gasteiger partial charge in [0.25, 0.3) is 0 Å². The van der Waals surface area contributed by atoms with Crippen molar-refractivity contribution in [3.8, 4) is 5.88 Å². The standard InChI is InChI=1S/C14H23N3O3/c1-5-8-20-12-6-7-15-14(17-12)16-11(9-10(2)3)13(18)19-4/h6-7,10-11H,5,8-9H2,1-4H3,(H,15,16,17). The lowest BCUT2D eigenvalue weighted by atomic mass is 10.0. The molecule has 0 fully saturated rings. The molecule has 112 valence electrons. The third-order valence-corrected chi connectivity index (χ3v) is 2.58. The average Bonchev–Trinajstić information content (AvgIpc) is 2.43. The predicted octanol–water partition coefficient (Wildman–Crippen LogP) is 2.27. The van der Waals surface area contributed by atoms with E-state index >= 15 is 0 Å². The van der Waals surface area contributed by atoms with Gasteiger partial charge < -0.3 is 14.8 Å². The third kappa shape index (κ3) is 5.42. The summed E-state index contributed by atoms with van der Waals surface area (Å²) in [4.78, 5) is 20.1. The Hall–Kier alpha value is -1.85. The monoisotopic (exact) mass is 281 g/mol. The summed E-state index contributed by atoms with van der Waals surface area (Å²) in [6, 6.07) is 1.23. The minimum Gasteiger partial charge on any atom is -0.478 e. The highest BCUT2D eigenvalue weighted by atomic mass is 16.5. The molecule has 6 nitrogen and oxygen atoms in total.